The van der Waals surface area contributed by atoms with E-state index in [4.69, 9.17) is 13.9 Å². The molecule has 1 aromatic heterocycles. The quantitative estimate of drug-likeness (QED) is 0.521. The SMILES string of the molecule is C/C=C(/C)C(=O)OC[C@@](C)(O)[C@@H]1Cc2c(ccc3ccc(=O)oc23)O1. The summed E-state index contributed by atoms with van der Waals surface area (Å²) in [7, 11) is 0. The van der Waals surface area contributed by atoms with Gasteiger partial charge in [-0.15, -0.1) is 0 Å². The van der Waals surface area contributed by atoms with Gasteiger partial charge in [0.25, 0.3) is 0 Å². The Morgan fingerprint density at radius 2 is 2.12 bits per heavy atom. The molecule has 2 atom stereocenters. The highest BCUT2D eigenvalue weighted by molar-refractivity contribution is 5.87. The van der Waals surface area contributed by atoms with Crippen LogP contribution in [-0.2, 0) is 16.0 Å². The van der Waals surface area contributed by atoms with Crippen molar-refractivity contribution < 1.29 is 23.8 Å². The lowest BCUT2D eigenvalue weighted by atomic mass is 9.95. The van der Waals surface area contributed by atoms with Crippen molar-refractivity contribution in [2.24, 2.45) is 0 Å². The zero-order chi connectivity index (χ0) is 18.2. The minimum absolute atomic E-state index is 0.197. The highest BCUT2D eigenvalue weighted by Gasteiger charge is 2.40. The molecule has 0 bridgehead atoms. The van der Waals surface area contributed by atoms with Crippen LogP contribution in [0.4, 0.5) is 0 Å². The summed E-state index contributed by atoms with van der Waals surface area (Å²) in [5.74, 6) is 0.0813. The van der Waals surface area contributed by atoms with Gasteiger partial charge in [0.15, 0.2) is 0 Å². The number of carbonyl (C=O) groups is 1. The van der Waals surface area contributed by atoms with Gasteiger partial charge in [-0.1, -0.05) is 6.08 Å². The van der Waals surface area contributed by atoms with Gasteiger partial charge in [-0.3, -0.25) is 0 Å². The first-order valence-electron chi connectivity index (χ1n) is 8.06. The average molecular weight is 344 g/mol. The largest absolute Gasteiger partial charge is 0.487 e. The van der Waals surface area contributed by atoms with Crippen molar-refractivity contribution in [2.75, 3.05) is 6.61 Å². The summed E-state index contributed by atoms with van der Waals surface area (Å²) < 4.78 is 16.3. The number of carbonyl (C=O) groups excluding carboxylic acids is 1. The lowest BCUT2D eigenvalue weighted by Gasteiger charge is -2.28. The molecule has 1 aliphatic rings. The van der Waals surface area contributed by atoms with Gasteiger partial charge >= 0.3 is 11.6 Å². The Labute approximate surface area is 144 Å². The number of esters is 1. The van der Waals surface area contributed by atoms with Gasteiger partial charge in [0, 0.05) is 29.0 Å². The molecule has 3 rings (SSSR count). The predicted molar refractivity (Wildman–Crippen MR) is 91.6 cm³/mol. The molecular weight excluding hydrogens is 324 g/mol. The third-order valence-corrected chi connectivity index (χ3v) is 4.45. The van der Waals surface area contributed by atoms with Gasteiger partial charge in [-0.05, 0) is 39.0 Å². The molecule has 6 heteroatoms. The van der Waals surface area contributed by atoms with Crippen LogP contribution in [0.25, 0.3) is 11.0 Å². The molecule has 1 N–H and O–H groups in total. The molecule has 25 heavy (non-hydrogen) atoms. The number of hydrogen-bond acceptors (Lipinski definition) is 6. The Balaban J connectivity index is 1.81. The molecule has 2 heterocycles. The number of allylic oxidation sites excluding steroid dienone is 1. The first kappa shape index (κ1) is 17.2. The molecule has 2 aromatic rings. The van der Waals surface area contributed by atoms with Gasteiger partial charge in [0.1, 0.15) is 29.6 Å². The molecule has 0 amide bonds. The van der Waals surface area contributed by atoms with Crippen LogP contribution in [0.15, 0.2) is 45.1 Å². The highest BCUT2D eigenvalue weighted by atomic mass is 16.6. The fourth-order valence-corrected chi connectivity index (χ4v) is 2.74. The van der Waals surface area contributed by atoms with E-state index in [1.165, 1.54) is 6.07 Å². The van der Waals surface area contributed by atoms with Crippen LogP contribution < -0.4 is 10.4 Å². The molecule has 6 nitrogen and oxygen atoms in total. The molecule has 0 aliphatic carbocycles. The van der Waals surface area contributed by atoms with Crippen molar-refractivity contribution in [3.8, 4) is 5.75 Å². The van der Waals surface area contributed by atoms with Gasteiger partial charge < -0.3 is 19.0 Å². The van der Waals surface area contributed by atoms with E-state index in [1.54, 1.807) is 45.0 Å². The molecule has 1 aromatic carbocycles. The molecule has 0 spiro atoms. The Hall–Kier alpha value is -2.60. The van der Waals surface area contributed by atoms with E-state index in [0.29, 0.717) is 23.3 Å². The summed E-state index contributed by atoms with van der Waals surface area (Å²) in [6.07, 6.45) is 1.39. The van der Waals surface area contributed by atoms with Crippen LogP contribution in [0.5, 0.6) is 5.75 Å². The van der Waals surface area contributed by atoms with Crippen LogP contribution in [0.2, 0.25) is 0 Å². The van der Waals surface area contributed by atoms with Crippen LogP contribution in [0.3, 0.4) is 0 Å². The monoisotopic (exact) mass is 344 g/mol. The first-order chi connectivity index (χ1) is 11.8. The molecule has 1 aliphatic heterocycles. The van der Waals surface area contributed by atoms with Crippen LogP contribution in [-0.4, -0.2) is 29.4 Å². The molecule has 132 valence electrons. The molecule has 0 saturated heterocycles. The maximum atomic E-state index is 11.8. The topological polar surface area (TPSA) is 86.0 Å². The van der Waals surface area contributed by atoms with Gasteiger partial charge in [-0.25, -0.2) is 9.59 Å². The fraction of sp³-hybridized carbons (Fsp3) is 0.368. The van der Waals surface area contributed by atoms with Crippen LogP contribution in [0, 0.1) is 0 Å². The number of aliphatic hydroxyl groups is 1. The van der Waals surface area contributed by atoms with Crippen molar-refractivity contribution in [3.63, 3.8) is 0 Å². The molecular formula is C19H20O6. The second kappa shape index (κ2) is 6.37. The molecule has 0 radical (unpaired) electrons. The van der Waals surface area contributed by atoms with Crippen molar-refractivity contribution in [3.05, 3.63) is 51.9 Å². The molecule has 0 unspecified atom stereocenters. The Morgan fingerprint density at radius 1 is 1.40 bits per heavy atom. The lowest BCUT2D eigenvalue weighted by Crippen LogP contribution is -2.46. The van der Waals surface area contributed by atoms with Crippen LogP contribution in [0.1, 0.15) is 26.3 Å². The highest BCUT2D eigenvalue weighted by Crippen LogP contribution is 2.37. The van der Waals surface area contributed by atoms with Crippen molar-refractivity contribution >= 4 is 16.9 Å². The van der Waals surface area contributed by atoms with Crippen molar-refractivity contribution in [1.29, 1.82) is 0 Å². The number of ether oxygens (including phenoxy) is 2. The van der Waals surface area contributed by atoms with E-state index in [9.17, 15) is 14.7 Å². The zero-order valence-electron chi connectivity index (χ0n) is 14.4. The van der Waals surface area contributed by atoms with E-state index >= 15 is 0 Å². The Morgan fingerprint density at radius 3 is 2.84 bits per heavy atom. The van der Waals surface area contributed by atoms with E-state index in [-0.39, 0.29) is 6.61 Å². The maximum Gasteiger partial charge on any atom is 0.336 e. The predicted octanol–water partition coefficient (Wildman–Crippen LogP) is 2.36. The summed E-state index contributed by atoms with van der Waals surface area (Å²) in [6, 6.07) is 6.63. The Kier molecular flexibility index (Phi) is 4.39. The van der Waals surface area contributed by atoms with E-state index in [1.807, 2.05) is 0 Å². The third-order valence-electron chi connectivity index (χ3n) is 4.45. The van der Waals surface area contributed by atoms with E-state index < -0.39 is 23.3 Å². The molecule has 0 fully saturated rings. The summed E-state index contributed by atoms with van der Waals surface area (Å²) in [5.41, 5.74) is -0.156. The zero-order valence-corrected chi connectivity index (χ0v) is 14.4. The lowest BCUT2D eigenvalue weighted by molar-refractivity contribution is -0.151. The normalized spacial score (nSPS) is 19.2. The summed E-state index contributed by atoms with van der Waals surface area (Å²) in [6.45, 7) is 4.75. The number of benzene rings is 1. The van der Waals surface area contributed by atoms with Gasteiger partial charge in [0.2, 0.25) is 0 Å². The van der Waals surface area contributed by atoms with Crippen molar-refractivity contribution in [2.45, 2.75) is 38.9 Å². The van der Waals surface area contributed by atoms with Gasteiger partial charge in [-0.2, -0.15) is 0 Å². The minimum Gasteiger partial charge on any atom is -0.487 e. The average Bonchev–Trinajstić information content (AvgIpc) is 3.04. The third kappa shape index (κ3) is 3.30. The van der Waals surface area contributed by atoms with Crippen LogP contribution >= 0.6 is 0 Å². The first-order valence-corrected chi connectivity index (χ1v) is 8.06. The number of rotatable bonds is 4. The maximum absolute atomic E-state index is 11.8. The summed E-state index contributed by atoms with van der Waals surface area (Å²) >= 11 is 0. The standard InChI is InChI=1S/C19H20O6/c1-4-11(2)18(21)23-10-19(3,22)15-9-13-14(24-15)7-5-12-6-8-16(20)25-17(12)13/h4-8,15,22H,9-10H2,1-3H3/b11-4-/t15-,19+/m0/s1. The number of fused-ring (bicyclic) bond motifs is 3. The minimum atomic E-state index is -1.38. The fourth-order valence-electron chi connectivity index (χ4n) is 2.74. The van der Waals surface area contributed by atoms with Gasteiger partial charge in [0.05, 0.1) is 0 Å². The van der Waals surface area contributed by atoms with Crippen molar-refractivity contribution in [1.82, 2.24) is 0 Å². The summed E-state index contributed by atoms with van der Waals surface area (Å²) in [4.78, 5) is 23.3. The smallest absolute Gasteiger partial charge is 0.336 e. The Bertz CT molecular complexity index is 906. The number of hydrogen-bond donors (Lipinski definition) is 1. The second-order valence-corrected chi connectivity index (χ2v) is 6.43. The second-order valence-electron chi connectivity index (χ2n) is 6.43. The summed E-state index contributed by atoms with van der Waals surface area (Å²) in [5, 5.41) is 11.5. The van der Waals surface area contributed by atoms with E-state index in [0.717, 1.165) is 10.9 Å². The molecule has 0 saturated carbocycles. The van der Waals surface area contributed by atoms with E-state index in [2.05, 4.69) is 0 Å².